The van der Waals surface area contributed by atoms with E-state index in [1.54, 1.807) is 0 Å². The van der Waals surface area contributed by atoms with Crippen molar-refractivity contribution >= 4 is 50.5 Å². The summed E-state index contributed by atoms with van der Waals surface area (Å²) in [7, 11) is -3.37. The summed E-state index contributed by atoms with van der Waals surface area (Å²) in [6.45, 7) is 1.06. The fraction of sp³-hybridized carbons (Fsp3) is 0.182. The maximum absolute atomic E-state index is 14.1. The molecule has 0 bridgehead atoms. The molecule has 12 heteroatoms. The minimum absolute atomic E-state index is 0.0923. The lowest BCUT2D eigenvalue weighted by Gasteiger charge is -2.09. The zero-order valence-corrected chi connectivity index (χ0v) is 14.7. The molecule has 2 heterocycles. The van der Waals surface area contributed by atoms with Gasteiger partial charge in [-0.2, -0.15) is 8.96 Å². The van der Waals surface area contributed by atoms with Crippen LogP contribution in [0.25, 0.3) is 0 Å². The second-order valence-corrected chi connectivity index (χ2v) is 8.33. The van der Waals surface area contributed by atoms with Crippen molar-refractivity contribution in [3.63, 3.8) is 0 Å². The summed E-state index contributed by atoms with van der Waals surface area (Å²) in [6.07, 6.45) is 0.432. The van der Waals surface area contributed by atoms with E-state index in [4.69, 9.17) is 23.2 Å². The Morgan fingerprint density at radius 2 is 2.00 bits per heavy atom. The van der Waals surface area contributed by atoms with E-state index >= 15 is 0 Å². The van der Waals surface area contributed by atoms with Crippen LogP contribution in [0, 0.1) is 5.82 Å². The number of rotatable bonds is 2. The molecule has 0 aliphatic heterocycles. The summed E-state index contributed by atoms with van der Waals surface area (Å²) in [4.78, 5) is 26.1. The Bertz CT molecular complexity index is 1040. The maximum Gasteiger partial charge on any atom is 0.343 e. The third-order valence-corrected chi connectivity index (χ3v) is 6.05. The van der Waals surface area contributed by atoms with Crippen LogP contribution in [-0.2, 0) is 21.9 Å². The molecule has 23 heavy (non-hydrogen) atoms. The summed E-state index contributed by atoms with van der Waals surface area (Å²) < 4.78 is 39.7. The van der Waals surface area contributed by atoms with Crippen LogP contribution < -0.4 is 11.2 Å². The molecule has 0 aliphatic carbocycles. The average Bonchev–Trinajstić information content (AvgIpc) is 2.78. The predicted molar refractivity (Wildman–Crippen MR) is 82.8 cm³/mol. The predicted octanol–water partition coefficient (Wildman–Crippen LogP) is 1.38. The number of nitrogens with zero attached hydrogens (tertiary/aromatic N) is 3. The van der Waals surface area contributed by atoms with Crippen molar-refractivity contribution in [2.45, 2.75) is 11.8 Å². The van der Waals surface area contributed by atoms with E-state index in [0.717, 1.165) is 31.4 Å². The molecule has 0 saturated carbocycles. The van der Waals surface area contributed by atoms with Gasteiger partial charge in [0, 0.05) is 14.0 Å². The number of halogens is 3. The molecular weight excluding hydrogens is 392 g/mol. The number of carbonyl (C=O) groups excluding carboxylic acids is 1. The third kappa shape index (κ3) is 3.25. The molecule has 0 N–H and O–H groups in total. The molecule has 0 aromatic carbocycles. The lowest BCUT2D eigenvalue weighted by Crippen LogP contribution is -2.42. The summed E-state index contributed by atoms with van der Waals surface area (Å²) in [5, 5.41) is 0. The molecule has 2 aromatic heterocycles. The Kier molecular flexibility index (Phi) is 4.81. The Balaban J connectivity index is 2.83. The second-order valence-electron chi connectivity index (χ2n) is 4.26. The summed E-state index contributed by atoms with van der Waals surface area (Å²) in [6, 6.07) is 1.06. The first kappa shape index (κ1) is 17.9. The quantitative estimate of drug-likeness (QED) is 0.762. The van der Waals surface area contributed by atoms with Crippen LogP contribution in [-0.4, -0.2) is 22.9 Å². The van der Waals surface area contributed by atoms with Crippen molar-refractivity contribution < 1.29 is 17.6 Å². The largest absolute Gasteiger partial charge is 0.343 e. The van der Waals surface area contributed by atoms with Gasteiger partial charge in [-0.1, -0.05) is 23.2 Å². The number of amides is 1. The standard InChI is InChI=1S/C11H8Cl2FN3O4S2/c1-5(18)15-10-6(14)4-17(11(19)16(10)2)23(20,21)7-3-8(12)22-9(7)13/h3-4H,1-2H3/b15-10+. The Labute approximate surface area is 143 Å². The summed E-state index contributed by atoms with van der Waals surface area (Å²) in [5.74, 6) is -1.91. The van der Waals surface area contributed by atoms with Crippen LogP contribution >= 0.6 is 34.5 Å². The Hall–Kier alpha value is -1.49. The number of thiophene rings is 1. The molecule has 0 aliphatic rings. The van der Waals surface area contributed by atoms with Crippen LogP contribution in [0.1, 0.15) is 6.92 Å². The van der Waals surface area contributed by atoms with Gasteiger partial charge in [0.05, 0.1) is 10.5 Å². The van der Waals surface area contributed by atoms with Gasteiger partial charge in [0.25, 0.3) is 10.0 Å². The van der Waals surface area contributed by atoms with Crippen LogP contribution in [0.15, 0.2) is 26.9 Å². The van der Waals surface area contributed by atoms with E-state index in [0.29, 0.717) is 10.8 Å². The van der Waals surface area contributed by atoms with E-state index in [-0.39, 0.29) is 12.6 Å². The van der Waals surface area contributed by atoms with Gasteiger partial charge in [-0.3, -0.25) is 9.36 Å². The number of aromatic nitrogens is 2. The number of carbonyl (C=O) groups is 1. The first-order valence-electron chi connectivity index (χ1n) is 5.79. The van der Waals surface area contributed by atoms with E-state index in [2.05, 4.69) is 4.99 Å². The van der Waals surface area contributed by atoms with Gasteiger partial charge in [0.15, 0.2) is 11.3 Å². The molecule has 7 nitrogen and oxygen atoms in total. The van der Waals surface area contributed by atoms with Crippen LogP contribution in [0.2, 0.25) is 8.67 Å². The van der Waals surface area contributed by atoms with Gasteiger partial charge >= 0.3 is 5.69 Å². The highest BCUT2D eigenvalue weighted by atomic mass is 35.5. The minimum atomic E-state index is -4.46. The monoisotopic (exact) mass is 399 g/mol. The van der Waals surface area contributed by atoms with Gasteiger partial charge in [0.1, 0.15) is 9.23 Å². The molecule has 0 spiro atoms. The van der Waals surface area contributed by atoms with E-state index in [9.17, 15) is 22.4 Å². The summed E-state index contributed by atoms with van der Waals surface area (Å²) >= 11 is 12.3. The van der Waals surface area contributed by atoms with Crippen molar-refractivity contribution in [2.75, 3.05) is 0 Å². The van der Waals surface area contributed by atoms with Crippen molar-refractivity contribution in [1.82, 2.24) is 8.54 Å². The molecule has 0 saturated heterocycles. The molecule has 2 aromatic rings. The molecule has 0 unspecified atom stereocenters. The lowest BCUT2D eigenvalue weighted by atomic mass is 10.6. The van der Waals surface area contributed by atoms with Crippen molar-refractivity contribution in [1.29, 1.82) is 0 Å². The van der Waals surface area contributed by atoms with Gasteiger partial charge < -0.3 is 0 Å². The Morgan fingerprint density at radius 3 is 2.48 bits per heavy atom. The molecule has 0 radical (unpaired) electrons. The average molecular weight is 400 g/mol. The van der Waals surface area contributed by atoms with Crippen molar-refractivity contribution in [3.05, 3.63) is 42.7 Å². The highest BCUT2D eigenvalue weighted by Crippen LogP contribution is 2.34. The molecular formula is C11H8Cl2FN3O4S2. The first-order valence-corrected chi connectivity index (χ1v) is 8.81. The highest BCUT2D eigenvalue weighted by Gasteiger charge is 2.26. The second kappa shape index (κ2) is 6.19. The molecule has 1 amide bonds. The van der Waals surface area contributed by atoms with E-state index < -0.39 is 37.8 Å². The smallest absolute Gasteiger partial charge is 0.278 e. The lowest BCUT2D eigenvalue weighted by molar-refractivity contribution is -0.116. The van der Waals surface area contributed by atoms with Crippen molar-refractivity contribution in [3.8, 4) is 0 Å². The Morgan fingerprint density at radius 1 is 1.39 bits per heavy atom. The van der Waals surface area contributed by atoms with E-state index in [1.165, 1.54) is 0 Å². The van der Waals surface area contributed by atoms with Gasteiger partial charge in [-0.05, 0) is 6.07 Å². The summed E-state index contributed by atoms with van der Waals surface area (Å²) in [5.41, 5.74) is -1.70. The van der Waals surface area contributed by atoms with Crippen LogP contribution in [0.3, 0.4) is 0 Å². The van der Waals surface area contributed by atoms with Gasteiger partial charge in [0.2, 0.25) is 5.91 Å². The van der Waals surface area contributed by atoms with Crippen molar-refractivity contribution in [2.24, 2.45) is 12.0 Å². The number of hydrogen-bond acceptors (Lipinski definition) is 5. The zero-order chi connectivity index (χ0) is 17.5. The fourth-order valence-electron chi connectivity index (χ4n) is 1.67. The fourth-order valence-corrected chi connectivity index (χ4v) is 5.06. The molecule has 0 atom stereocenters. The van der Waals surface area contributed by atoms with Crippen LogP contribution in [0.4, 0.5) is 4.39 Å². The first-order chi connectivity index (χ1) is 10.6. The van der Waals surface area contributed by atoms with Gasteiger partial charge in [-0.25, -0.2) is 17.6 Å². The molecule has 124 valence electrons. The highest BCUT2D eigenvalue weighted by molar-refractivity contribution is 7.90. The number of hydrogen-bond donors (Lipinski definition) is 0. The minimum Gasteiger partial charge on any atom is -0.278 e. The van der Waals surface area contributed by atoms with Crippen LogP contribution in [0.5, 0.6) is 0 Å². The maximum atomic E-state index is 14.1. The molecule has 0 fully saturated rings. The topological polar surface area (TPSA) is 90.5 Å². The van der Waals surface area contributed by atoms with Gasteiger partial charge in [-0.15, -0.1) is 11.3 Å². The molecule has 2 rings (SSSR count). The van der Waals surface area contributed by atoms with E-state index in [1.807, 2.05) is 0 Å². The third-order valence-electron chi connectivity index (χ3n) is 2.66. The normalized spacial score (nSPS) is 12.7. The zero-order valence-electron chi connectivity index (χ0n) is 11.6. The SMILES string of the molecule is CC(=O)/N=c1\c(F)cn(S(=O)(=O)c2cc(Cl)sc2Cl)c(=O)n1C.